The number of nitrogens with zero attached hydrogens (tertiary/aromatic N) is 4. The van der Waals surface area contributed by atoms with Gasteiger partial charge in [-0.2, -0.15) is 0 Å². The van der Waals surface area contributed by atoms with Crippen molar-refractivity contribution in [2.75, 3.05) is 32.1 Å². The Hall–Kier alpha value is -1.96. The van der Waals surface area contributed by atoms with Gasteiger partial charge in [-0.3, -0.25) is 9.69 Å². The van der Waals surface area contributed by atoms with Gasteiger partial charge in [-0.05, 0) is 26.2 Å². The summed E-state index contributed by atoms with van der Waals surface area (Å²) in [6, 6.07) is 7.14. The molecule has 1 amide bonds. The second-order valence-corrected chi connectivity index (χ2v) is 6.64. The number of benzene rings is 1. The summed E-state index contributed by atoms with van der Waals surface area (Å²) in [6.45, 7) is 1.19. The lowest BCUT2D eigenvalue weighted by Gasteiger charge is -2.20. The number of hydrogen-bond acceptors (Lipinski definition) is 6. The van der Waals surface area contributed by atoms with Crippen LogP contribution in [-0.2, 0) is 0 Å². The zero-order chi connectivity index (χ0) is 16.4. The number of halogens is 1. The Labute approximate surface area is 142 Å². The number of hydrogen-bond donors (Lipinski definition) is 0. The molecule has 2 aromatic heterocycles. The van der Waals surface area contributed by atoms with Gasteiger partial charge in [0.05, 0.1) is 15.9 Å². The predicted molar refractivity (Wildman–Crippen MR) is 91.4 cm³/mol. The summed E-state index contributed by atoms with van der Waals surface area (Å²) in [4.78, 5) is 20.8. The van der Waals surface area contributed by atoms with Gasteiger partial charge in [-0.15, -0.1) is 0 Å². The fourth-order valence-electron chi connectivity index (χ4n) is 2.06. The topological polar surface area (TPSA) is 62.5 Å². The molecule has 0 saturated heterocycles. The Morgan fingerprint density at radius 3 is 2.78 bits per heavy atom. The van der Waals surface area contributed by atoms with E-state index in [9.17, 15) is 4.79 Å². The lowest BCUT2D eigenvalue weighted by Crippen LogP contribution is -2.36. The summed E-state index contributed by atoms with van der Waals surface area (Å²) >= 11 is 7.61. The van der Waals surface area contributed by atoms with Crippen molar-refractivity contribution in [3.63, 3.8) is 0 Å². The van der Waals surface area contributed by atoms with E-state index < -0.39 is 0 Å². The maximum absolute atomic E-state index is 12.7. The number of rotatable bonds is 5. The number of anilines is 1. The highest BCUT2D eigenvalue weighted by atomic mass is 35.5. The minimum atomic E-state index is -0.264. The van der Waals surface area contributed by atoms with Crippen molar-refractivity contribution in [2.45, 2.75) is 0 Å². The van der Waals surface area contributed by atoms with Crippen molar-refractivity contribution < 1.29 is 9.32 Å². The first-order valence-corrected chi connectivity index (χ1v) is 8.18. The fourth-order valence-corrected chi connectivity index (χ4v) is 3.35. The van der Waals surface area contributed by atoms with Crippen LogP contribution in [0.15, 0.2) is 35.0 Å². The molecular weight excluding hydrogens is 336 g/mol. The van der Waals surface area contributed by atoms with Crippen LogP contribution in [0.2, 0.25) is 5.02 Å². The highest BCUT2D eigenvalue weighted by Crippen LogP contribution is 2.33. The van der Waals surface area contributed by atoms with Crippen LogP contribution in [0.3, 0.4) is 0 Å². The van der Waals surface area contributed by atoms with Gasteiger partial charge in [-0.1, -0.05) is 34.2 Å². The Morgan fingerprint density at radius 1 is 1.30 bits per heavy atom. The van der Waals surface area contributed by atoms with Gasteiger partial charge in [0, 0.05) is 19.2 Å². The summed E-state index contributed by atoms with van der Waals surface area (Å²) in [6.07, 6.45) is 1.45. The molecule has 1 aromatic carbocycles. The number of aromatic nitrogens is 2. The molecule has 8 heteroatoms. The maximum Gasteiger partial charge on any atom is 0.298 e. The van der Waals surface area contributed by atoms with E-state index in [1.165, 1.54) is 17.5 Å². The monoisotopic (exact) mass is 350 g/mol. The summed E-state index contributed by atoms with van der Waals surface area (Å²) in [5.74, 6) is -0.0753. The van der Waals surface area contributed by atoms with E-state index in [4.69, 9.17) is 16.1 Å². The van der Waals surface area contributed by atoms with Crippen LogP contribution >= 0.6 is 22.9 Å². The van der Waals surface area contributed by atoms with E-state index in [-0.39, 0.29) is 11.7 Å². The van der Waals surface area contributed by atoms with Crippen molar-refractivity contribution in [2.24, 2.45) is 0 Å². The molecule has 120 valence electrons. The molecule has 0 fully saturated rings. The van der Waals surface area contributed by atoms with Crippen molar-refractivity contribution in [1.29, 1.82) is 0 Å². The predicted octanol–water partition coefficient (Wildman–Crippen LogP) is 3.15. The molecule has 0 unspecified atom stereocenters. The average Bonchev–Trinajstić information content (AvgIpc) is 3.16. The third kappa shape index (κ3) is 3.36. The van der Waals surface area contributed by atoms with Gasteiger partial charge < -0.3 is 9.42 Å². The van der Waals surface area contributed by atoms with Crippen molar-refractivity contribution >= 4 is 44.2 Å². The van der Waals surface area contributed by atoms with Crippen molar-refractivity contribution in [3.8, 4) is 0 Å². The highest BCUT2D eigenvalue weighted by molar-refractivity contribution is 7.22. The molecule has 0 atom stereocenters. The van der Waals surface area contributed by atoms with E-state index in [0.717, 1.165) is 4.70 Å². The number of carbonyl (C=O) groups is 1. The molecular formula is C15H15ClN4O2S. The van der Waals surface area contributed by atoms with Crippen LogP contribution in [0.4, 0.5) is 5.13 Å². The van der Waals surface area contributed by atoms with Crippen LogP contribution in [0.5, 0.6) is 0 Å². The minimum absolute atomic E-state index is 0.189. The lowest BCUT2D eigenvalue weighted by atomic mass is 10.3. The van der Waals surface area contributed by atoms with E-state index in [1.807, 2.05) is 31.1 Å². The number of amides is 1. The van der Waals surface area contributed by atoms with Crippen LogP contribution in [-0.4, -0.2) is 48.1 Å². The normalized spacial score (nSPS) is 11.3. The van der Waals surface area contributed by atoms with E-state index in [2.05, 4.69) is 10.1 Å². The number of carbonyl (C=O) groups excluding carboxylic acids is 1. The number of likely N-dealkylation sites (N-methyl/N-ethyl adjacent to an activating group) is 1. The summed E-state index contributed by atoms with van der Waals surface area (Å²) in [7, 11) is 3.90. The summed E-state index contributed by atoms with van der Waals surface area (Å²) in [5.41, 5.74) is 0.703. The van der Waals surface area contributed by atoms with Crippen molar-refractivity contribution in [1.82, 2.24) is 15.0 Å². The smallest absolute Gasteiger partial charge is 0.298 e. The molecule has 0 aliphatic rings. The SMILES string of the molecule is CN(C)CCN(C(=O)c1ccno1)c1nc2c(Cl)cccc2s1. The number of para-hydroxylation sites is 1. The van der Waals surface area contributed by atoms with Crippen LogP contribution in [0.25, 0.3) is 10.2 Å². The largest absolute Gasteiger partial charge is 0.351 e. The first kappa shape index (κ1) is 15.9. The second-order valence-electron chi connectivity index (χ2n) is 5.22. The molecule has 0 radical (unpaired) electrons. The lowest BCUT2D eigenvalue weighted by molar-refractivity contribution is 0.0949. The van der Waals surface area contributed by atoms with Gasteiger partial charge in [0.25, 0.3) is 5.91 Å². The molecule has 3 rings (SSSR count). The van der Waals surface area contributed by atoms with Crippen molar-refractivity contribution in [3.05, 3.63) is 41.2 Å². The first-order valence-electron chi connectivity index (χ1n) is 6.98. The molecule has 2 heterocycles. The highest BCUT2D eigenvalue weighted by Gasteiger charge is 2.24. The second kappa shape index (κ2) is 6.66. The maximum atomic E-state index is 12.7. The molecule has 3 aromatic rings. The third-order valence-corrected chi connectivity index (χ3v) is 4.60. The van der Waals surface area contributed by atoms with Crippen LogP contribution in [0.1, 0.15) is 10.6 Å². The average molecular weight is 351 g/mol. The van der Waals surface area contributed by atoms with E-state index >= 15 is 0 Å². The van der Waals surface area contributed by atoms with Crippen LogP contribution < -0.4 is 4.90 Å². The molecule has 23 heavy (non-hydrogen) atoms. The third-order valence-electron chi connectivity index (χ3n) is 3.25. The Kier molecular flexibility index (Phi) is 4.61. The van der Waals surface area contributed by atoms with Gasteiger partial charge >= 0.3 is 0 Å². The van der Waals surface area contributed by atoms with Gasteiger partial charge in [0.1, 0.15) is 5.52 Å². The van der Waals surface area contributed by atoms with Gasteiger partial charge in [0.15, 0.2) is 5.13 Å². The molecule has 0 bridgehead atoms. The Balaban J connectivity index is 1.98. The molecule has 6 nitrogen and oxygen atoms in total. The molecule has 0 aliphatic heterocycles. The summed E-state index contributed by atoms with van der Waals surface area (Å²) in [5, 5.41) is 4.77. The molecule has 0 aliphatic carbocycles. The Morgan fingerprint density at radius 2 is 2.13 bits per heavy atom. The van der Waals surface area contributed by atoms with Gasteiger partial charge in [-0.25, -0.2) is 4.98 Å². The van der Waals surface area contributed by atoms with E-state index in [0.29, 0.717) is 28.8 Å². The summed E-state index contributed by atoms with van der Waals surface area (Å²) < 4.78 is 5.94. The quantitative estimate of drug-likeness (QED) is 0.707. The standard InChI is InChI=1S/C15H15ClN4O2S/c1-19(2)8-9-20(14(21)11-6-7-17-22-11)15-18-13-10(16)4-3-5-12(13)23-15/h3-7H,8-9H2,1-2H3. The number of thiazole rings is 1. The first-order chi connectivity index (χ1) is 11.1. The minimum Gasteiger partial charge on any atom is -0.351 e. The fraction of sp³-hybridized carbons (Fsp3) is 0.267. The van der Waals surface area contributed by atoms with Crippen LogP contribution in [0, 0.1) is 0 Å². The Bertz CT molecular complexity index is 816. The molecule has 0 saturated carbocycles. The van der Waals surface area contributed by atoms with E-state index in [1.54, 1.807) is 17.0 Å². The molecule has 0 N–H and O–H groups in total. The van der Waals surface area contributed by atoms with Gasteiger partial charge in [0.2, 0.25) is 5.76 Å². The zero-order valence-corrected chi connectivity index (χ0v) is 14.3. The number of fused-ring (bicyclic) bond motifs is 1. The molecule has 0 spiro atoms. The zero-order valence-electron chi connectivity index (χ0n) is 12.7.